The molecule has 0 aliphatic heterocycles. The Kier molecular flexibility index (Phi) is 30.0. The number of rotatable bonds is 25. The van der Waals surface area contributed by atoms with E-state index in [1.165, 1.54) is 0 Å². The molecule has 0 saturated carbocycles. The fraction of sp³-hybridized carbons (Fsp3) is 0.667. The van der Waals surface area contributed by atoms with Gasteiger partial charge in [0.15, 0.2) is 0 Å². The van der Waals surface area contributed by atoms with E-state index in [9.17, 15) is 28.8 Å². The van der Waals surface area contributed by atoms with Crippen molar-refractivity contribution in [3.63, 3.8) is 0 Å². The van der Waals surface area contributed by atoms with Gasteiger partial charge in [0.25, 0.3) is 0 Å². The fourth-order valence-electron chi connectivity index (χ4n) is 4.75. The van der Waals surface area contributed by atoms with Gasteiger partial charge in [-0.05, 0) is 18.3 Å². The first-order valence-electron chi connectivity index (χ1n) is 16.8. The summed E-state index contributed by atoms with van der Waals surface area (Å²) >= 11 is 0. The van der Waals surface area contributed by atoms with Crippen molar-refractivity contribution in [3.05, 3.63) is 32.1 Å². The number of carbonyl (C=O) groups is 6. The van der Waals surface area contributed by atoms with Gasteiger partial charge in [0.2, 0.25) is 23.6 Å². The summed E-state index contributed by atoms with van der Waals surface area (Å²) in [5.41, 5.74) is 0.820. The molecule has 1 unspecified atom stereocenters. The average Bonchev–Trinajstić information content (AvgIpc) is 3.54. The SMILES string of the molecule is [CH2-]C(=O)NCCN(CCNC([CH2-])=O)CC(=O)NCCOCCNC(=O)[C@H](CC(C)C)NC(=O)[C@@H](NC(=O)[C@@H](C)Cc1cnc[nH]1)C(C)CC.[Gd].[Gd]. The van der Waals surface area contributed by atoms with Gasteiger partial charge in [0.1, 0.15) is 12.1 Å². The second kappa shape index (κ2) is 29.8. The summed E-state index contributed by atoms with van der Waals surface area (Å²) in [7, 11) is 0. The van der Waals surface area contributed by atoms with Crippen molar-refractivity contribution >= 4 is 35.4 Å². The second-order valence-electron chi connectivity index (χ2n) is 12.5. The minimum Gasteiger partial charge on any atom is -0.380 e. The van der Waals surface area contributed by atoms with Gasteiger partial charge >= 0.3 is 0 Å². The van der Waals surface area contributed by atoms with Gasteiger partial charge in [-0.2, -0.15) is 0 Å². The normalized spacial score (nSPS) is 13.0. The van der Waals surface area contributed by atoms with Crippen LogP contribution >= 0.6 is 0 Å². The number of ether oxygens (including phenoxy) is 1. The van der Waals surface area contributed by atoms with Gasteiger partial charge in [-0.15, -0.1) is 0 Å². The van der Waals surface area contributed by atoms with E-state index in [1.54, 1.807) is 24.3 Å². The van der Waals surface area contributed by atoms with Crippen LogP contribution in [0.5, 0.6) is 0 Å². The molecule has 0 aromatic carbocycles. The molecule has 0 aliphatic carbocycles. The Bertz CT molecular complexity index is 1160. The molecule has 0 radical (unpaired) electrons. The molecular formula is C33H57Gd2N9O7-2. The minimum absolute atomic E-state index is 0. The molecule has 0 spiro atoms. The van der Waals surface area contributed by atoms with Crippen molar-refractivity contribution in [1.29, 1.82) is 0 Å². The number of carbonyl (C=O) groups excluding carboxylic acids is 6. The molecular weight excluding hydrogens is 949 g/mol. The van der Waals surface area contributed by atoms with Crippen molar-refractivity contribution in [2.75, 3.05) is 59.0 Å². The molecule has 6 amide bonds. The summed E-state index contributed by atoms with van der Waals surface area (Å²) in [5.74, 6) is -2.58. The summed E-state index contributed by atoms with van der Waals surface area (Å²) < 4.78 is 5.56. The van der Waals surface area contributed by atoms with Crippen LogP contribution in [0, 0.1) is 111 Å². The van der Waals surface area contributed by atoms with Crippen LogP contribution in [0.3, 0.4) is 0 Å². The number of H-pyrrole nitrogens is 1. The van der Waals surface area contributed by atoms with Crippen LogP contribution in [0.4, 0.5) is 0 Å². The van der Waals surface area contributed by atoms with Gasteiger partial charge in [0, 0.05) is 143 Å². The number of nitrogens with zero attached hydrogens (tertiary/aromatic N) is 2. The fourth-order valence-corrected chi connectivity index (χ4v) is 4.75. The Morgan fingerprint density at radius 1 is 0.824 bits per heavy atom. The number of aromatic amines is 1. The molecule has 0 bridgehead atoms. The van der Waals surface area contributed by atoms with Crippen LogP contribution in [0.25, 0.3) is 0 Å². The van der Waals surface area contributed by atoms with Crippen LogP contribution in [0.15, 0.2) is 12.5 Å². The predicted molar refractivity (Wildman–Crippen MR) is 184 cm³/mol. The van der Waals surface area contributed by atoms with Crippen molar-refractivity contribution in [2.24, 2.45) is 17.8 Å². The molecule has 16 nitrogen and oxygen atoms in total. The first-order valence-corrected chi connectivity index (χ1v) is 16.8. The van der Waals surface area contributed by atoms with E-state index in [0.29, 0.717) is 45.4 Å². The van der Waals surface area contributed by atoms with Gasteiger partial charge < -0.3 is 65.1 Å². The van der Waals surface area contributed by atoms with Crippen LogP contribution in [-0.2, 0) is 39.9 Å². The Morgan fingerprint density at radius 2 is 1.41 bits per heavy atom. The van der Waals surface area contributed by atoms with Gasteiger partial charge in [0.05, 0.1) is 37.9 Å². The second-order valence-corrected chi connectivity index (χ2v) is 12.5. The molecule has 7 N–H and O–H groups in total. The number of imidazole rings is 1. The summed E-state index contributed by atoms with van der Waals surface area (Å²) in [5, 5.41) is 16.4. The van der Waals surface area contributed by atoms with Crippen LogP contribution in [0.2, 0.25) is 0 Å². The topological polar surface area (TPSA) is 216 Å². The molecule has 0 aliphatic rings. The Balaban J connectivity index is 0. The maximum Gasteiger partial charge on any atom is 0.243 e. The first-order chi connectivity index (χ1) is 23.2. The first kappa shape index (κ1) is 51.4. The number of hydrogen-bond acceptors (Lipinski definition) is 9. The van der Waals surface area contributed by atoms with E-state index in [-0.39, 0.29) is 142 Å². The van der Waals surface area contributed by atoms with E-state index in [1.807, 2.05) is 27.7 Å². The largest absolute Gasteiger partial charge is 0.380 e. The smallest absolute Gasteiger partial charge is 0.243 e. The number of aromatic nitrogens is 2. The van der Waals surface area contributed by atoms with E-state index in [4.69, 9.17) is 4.74 Å². The number of hydrogen-bond donors (Lipinski definition) is 7. The van der Waals surface area contributed by atoms with Crippen molar-refractivity contribution in [2.45, 2.75) is 66.0 Å². The summed E-state index contributed by atoms with van der Waals surface area (Å²) in [4.78, 5) is 82.7. The Hall–Kier alpha value is -1.66. The third-order valence-electron chi connectivity index (χ3n) is 7.64. The molecule has 1 aromatic heterocycles. The van der Waals surface area contributed by atoms with Crippen LogP contribution in [0.1, 0.15) is 53.2 Å². The zero-order valence-corrected chi connectivity index (χ0v) is 34.9. The summed E-state index contributed by atoms with van der Waals surface area (Å²) in [6.07, 6.45) is 4.71. The molecule has 0 saturated heterocycles. The number of nitrogens with one attached hydrogen (secondary N) is 7. The van der Waals surface area contributed by atoms with E-state index in [0.717, 1.165) is 5.69 Å². The molecule has 18 heteroatoms. The molecule has 1 aromatic rings. The number of amides is 6. The van der Waals surface area contributed by atoms with Gasteiger partial charge in [-0.25, -0.2) is 4.98 Å². The zero-order chi connectivity index (χ0) is 36.8. The molecule has 0 fully saturated rings. The van der Waals surface area contributed by atoms with Crippen LogP contribution in [-0.4, -0.2) is 121 Å². The van der Waals surface area contributed by atoms with Crippen molar-refractivity contribution in [3.8, 4) is 0 Å². The quantitative estimate of drug-likeness (QED) is 0.0477. The third kappa shape index (κ3) is 24.3. The standard InChI is InChI=1S/C33H57N9O7.2Gd/c1-8-23(4)30(41-31(46)24(5)18-27-19-34-21-39-27)33(48)40-28(17-22(2)3)32(47)38-12-16-49-15-11-37-29(45)20-42(13-9-35-25(6)43)14-10-36-26(7)44;;/h19,21-24,28,30H,6-18,20H2,1-5H3,(H,34,39)(H,35,43)(H,36,44)(H,37,45)(H,38,47)(H,40,48)(H,41,46);;/q-2;;/t23?,24-,28-,30-;;/m0../s1. The van der Waals surface area contributed by atoms with Crippen molar-refractivity contribution < 1.29 is 113 Å². The van der Waals surface area contributed by atoms with Gasteiger partial charge in [-0.3, -0.25) is 24.1 Å². The van der Waals surface area contributed by atoms with Gasteiger partial charge in [-0.1, -0.05) is 41.0 Å². The van der Waals surface area contributed by atoms with E-state index >= 15 is 0 Å². The third-order valence-corrected chi connectivity index (χ3v) is 7.64. The van der Waals surface area contributed by atoms with E-state index < -0.39 is 35.7 Å². The monoisotopic (exact) mass is 1010 g/mol. The molecule has 1 rings (SSSR count). The van der Waals surface area contributed by atoms with Crippen LogP contribution < -0.4 is 31.9 Å². The maximum absolute atomic E-state index is 13.4. The molecule has 294 valence electrons. The molecule has 51 heavy (non-hydrogen) atoms. The molecule has 4 atom stereocenters. The minimum atomic E-state index is -0.807. The Morgan fingerprint density at radius 3 is 1.92 bits per heavy atom. The predicted octanol–water partition coefficient (Wildman–Crippen LogP) is -0.898. The summed E-state index contributed by atoms with van der Waals surface area (Å²) in [6.45, 7) is 18.2. The Labute approximate surface area is 366 Å². The van der Waals surface area contributed by atoms with E-state index in [2.05, 4.69) is 55.7 Å². The maximum atomic E-state index is 13.4. The zero-order valence-electron chi connectivity index (χ0n) is 30.4. The molecule has 1 heterocycles. The summed E-state index contributed by atoms with van der Waals surface area (Å²) in [6, 6.07) is -1.61. The average molecular weight is 1010 g/mol. The van der Waals surface area contributed by atoms with Crippen molar-refractivity contribution in [1.82, 2.24) is 46.8 Å².